The van der Waals surface area contributed by atoms with E-state index >= 15 is 0 Å². The molecule has 0 atom stereocenters. The summed E-state index contributed by atoms with van der Waals surface area (Å²) in [6.07, 6.45) is 5.16. The Morgan fingerprint density at radius 2 is 2.20 bits per heavy atom. The Morgan fingerprint density at radius 3 is 2.93 bits per heavy atom. The summed E-state index contributed by atoms with van der Waals surface area (Å²) in [7, 11) is 0. The van der Waals surface area contributed by atoms with Gasteiger partial charge < -0.3 is 5.73 Å². The molecular weight excluding hydrogens is 188 g/mol. The highest BCUT2D eigenvalue weighted by Crippen LogP contribution is 2.09. The number of nitrogens with zero attached hydrogens (tertiary/aromatic N) is 3. The number of hydrogen-bond acceptors (Lipinski definition) is 3. The number of nitrogen functional groups attached to an aromatic ring is 1. The summed E-state index contributed by atoms with van der Waals surface area (Å²) < 4.78 is 1.84. The van der Waals surface area contributed by atoms with Gasteiger partial charge in [0.05, 0.1) is 6.20 Å². The molecule has 2 heterocycles. The molecule has 2 aromatic rings. The van der Waals surface area contributed by atoms with Gasteiger partial charge in [0.1, 0.15) is 5.69 Å². The second-order valence-electron chi connectivity index (χ2n) is 3.57. The molecule has 0 aromatic carbocycles. The molecule has 76 valence electrons. The summed E-state index contributed by atoms with van der Waals surface area (Å²) in [5, 5.41) is 0. The maximum Gasteiger partial charge on any atom is 0.180 e. The van der Waals surface area contributed by atoms with Crippen LogP contribution in [0.1, 0.15) is 19.5 Å². The number of fused-ring (bicyclic) bond motifs is 1. The van der Waals surface area contributed by atoms with Crippen molar-refractivity contribution < 1.29 is 0 Å². The predicted molar refractivity (Wildman–Crippen MR) is 59.1 cm³/mol. The Bertz CT molecular complexity index is 542. The van der Waals surface area contributed by atoms with E-state index in [0.29, 0.717) is 17.4 Å². The normalized spacial score (nSPS) is 10.3. The largest absolute Gasteiger partial charge is 0.381 e. The van der Waals surface area contributed by atoms with Crippen molar-refractivity contribution in [1.82, 2.24) is 14.4 Å². The molecule has 0 saturated carbocycles. The number of hydrogen-bond donors (Lipinski definition) is 1. The first-order chi connectivity index (χ1) is 7.18. The van der Waals surface area contributed by atoms with Crippen LogP contribution in [0.25, 0.3) is 5.65 Å². The van der Waals surface area contributed by atoms with E-state index in [2.05, 4.69) is 21.8 Å². The van der Waals surface area contributed by atoms with E-state index in [1.54, 1.807) is 12.4 Å². The molecule has 0 aliphatic heterocycles. The van der Waals surface area contributed by atoms with Gasteiger partial charge >= 0.3 is 0 Å². The summed E-state index contributed by atoms with van der Waals surface area (Å²) in [6, 6.07) is 0. The van der Waals surface area contributed by atoms with Gasteiger partial charge in [-0.05, 0) is 5.92 Å². The summed E-state index contributed by atoms with van der Waals surface area (Å²) in [6.45, 7) is 4.10. The first-order valence-corrected chi connectivity index (χ1v) is 4.77. The Balaban J connectivity index is 2.56. The molecule has 0 aliphatic rings. The van der Waals surface area contributed by atoms with Crippen molar-refractivity contribution in [2.75, 3.05) is 5.73 Å². The number of aromatic nitrogens is 3. The van der Waals surface area contributed by atoms with Crippen LogP contribution in [0.15, 0.2) is 18.6 Å². The lowest BCUT2D eigenvalue weighted by Crippen LogP contribution is -1.96. The van der Waals surface area contributed by atoms with E-state index in [1.165, 1.54) is 0 Å². The Labute approximate surface area is 88.2 Å². The Hall–Kier alpha value is -2.02. The van der Waals surface area contributed by atoms with Gasteiger partial charge in [0, 0.05) is 18.3 Å². The third kappa shape index (κ3) is 1.77. The second kappa shape index (κ2) is 3.62. The van der Waals surface area contributed by atoms with Gasteiger partial charge in [-0.2, -0.15) is 0 Å². The van der Waals surface area contributed by atoms with Crippen LogP contribution in [0.2, 0.25) is 0 Å². The first kappa shape index (κ1) is 9.53. The van der Waals surface area contributed by atoms with Gasteiger partial charge in [-0.1, -0.05) is 19.8 Å². The minimum absolute atomic E-state index is 0.342. The predicted octanol–water partition coefficient (Wildman–Crippen LogP) is 1.32. The van der Waals surface area contributed by atoms with Crippen molar-refractivity contribution in [2.24, 2.45) is 5.92 Å². The van der Waals surface area contributed by atoms with Crippen LogP contribution in [0.3, 0.4) is 0 Å². The van der Waals surface area contributed by atoms with Crippen molar-refractivity contribution in [3.63, 3.8) is 0 Å². The fourth-order valence-corrected chi connectivity index (χ4v) is 1.25. The van der Waals surface area contributed by atoms with E-state index < -0.39 is 0 Å². The Morgan fingerprint density at radius 1 is 1.40 bits per heavy atom. The molecule has 15 heavy (non-hydrogen) atoms. The van der Waals surface area contributed by atoms with Gasteiger partial charge in [0.15, 0.2) is 11.5 Å². The minimum atomic E-state index is 0.342. The van der Waals surface area contributed by atoms with Gasteiger partial charge in [0.25, 0.3) is 0 Å². The number of imidazole rings is 1. The first-order valence-electron chi connectivity index (χ1n) is 4.77. The Kier molecular flexibility index (Phi) is 2.30. The van der Waals surface area contributed by atoms with Gasteiger partial charge in [-0.25, -0.2) is 9.97 Å². The highest BCUT2D eigenvalue weighted by atomic mass is 15.1. The molecule has 4 nitrogen and oxygen atoms in total. The van der Waals surface area contributed by atoms with Crippen molar-refractivity contribution in [2.45, 2.75) is 13.8 Å². The van der Waals surface area contributed by atoms with E-state index in [-0.39, 0.29) is 0 Å². The molecule has 0 aliphatic carbocycles. The summed E-state index contributed by atoms with van der Waals surface area (Å²) in [5.41, 5.74) is 7.18. The van der Waals surface area contributed by atoms with Crippen molar-refractivity contribution in [3.8, 4) is 11.8 Å². The molecule has 0 spiro atoms. The highest BCUT2D eigenvalue weighted by molar-refractivity contribution is 5.61. The van der Waals surface area contributed by atoms with Crippen LogP contribution < -0.4 is 5.73 Å². The zero-order valence-corrected chi connectivity index (χ0v) is 8.73. The molecular formula is C11H12N4. The lowest BCUT2D eigenvalue weighted by Gasteiger charge is -1.96. The molecule has 0 radical (unpaired) electrons. The quantitative estimate of drug-likeness (QED) is 0.652. The molecule has 0 amide bonds. The number of rotatable bonds is 0. The van der Waals surface area contributed by atoms with Crippen LogP contribution >= 0.6 is 0 Å². The molecule has 2 aromatic heterocycles. The monoisotopic (exact) mass is 200 g/mol. The molecule has 4 heteroatoms. The zero-order chi connectivity index (χ0) is 10.8. The molecule has 2 rings (SSSR count). The number of nitrogens with two attached hydrogens (primary N) is 1. The third-order valence-electron chi connectivity index (χ3n) is 1.94. The van der Waals surface area contributed by atoms with Crippen molar-refractivity contribution >= 4 is 11.5 Å². The zero-order valence-electron chi connectivity index (χ0n) is 8.73. The standard InChI is InChI=1S/C11H12N4/c1-8(2)3-4-9-7-14-11-10(12)13-5-6-15(9)11/h5-8H,1-2H3,(H2,12,13). The maximum atomic E-state index is 5.68. The molecule has 0 fully saturated rings. The SMILES string of the molecule is CC(C)C#Cc1cnc2c(N)nccn12. The van der Waals surface area contributed by atoms with Crippen LogP contribution in [-0.4, -0.2) is 14.4 Å². The van der Waals surface area contributed by atoms with Gasteiger partial charge in [0.2, 0.25) is 0 Å². The summed E-state index contributed by atoms with van der Waals surface area (Å²) in [4.78, 5) is 8.13. The molecule has 2 N–H and O–H groups in total. The highest BCUT2D eigenvalue weighted by Gasteiger charge is 2.03. The second-order valence-corrected chi connectivity index (χ2v) is 3.57. The topological polar surface area (TPSA) is 56.2 Å². The lowest BCUT2D eigenvalue weighted by atomic mass is 10.2. The van der Waals surface area contributed by atoms with Gasteiger partial charge in [-0.3, -0.25) is 4.40 Å². The minimum Gasteiger partial charge on any atom is -0.381 e. The van der Waals surface area contributed by atoms with E-state index in [0.717, 1.165) is 5.69 Å². The lowest BCUT2D eigenvalue weighted by molar-refractivity contribution is 0.866. The van der Waals surface area contributed by atoms with Crippen LogP contribution in [-0.2, 0) is 0 Å². The van der Waals surface area contributed by atoms with Crippen molar-refractivity contribution in [1.29, 1.82) is 0 Å². The third-order valence-corrected chi connectivity index (χ3v) is 1.94. The van der Waals surface area contributed by atoms with Crippen LogP contribution in [0.5, 0.6) is 0 Å². The van der Waals surface area contributed by atoms with Crippen LogP contribution in [0.4, 0.5) is 5.82 Å². The molecule has 0 saturated heterocycles. The van der Waals surface area contributed by atoms with E-state index in [1.807, 2.05) is 24.4 Å². The summed E-state index contributed by atoms with van der Waals surface area (Å²) >= 11 is 0. The van der Waals surface area contributed by atoms with Crippen molar-refractivity contribution in [3.05, 3.63) is 24.3 Å². The summed E-state index contributed by atoms with van der Waals surface area (Å²) in [5.74, 6) is 6.92. The average molecular weight is 200 g/mol. The smallest absolute Gasteiger partial charge is 0.180 e. The van der Waals surface area contributed by atoms with Gasteiger partial charge in [-0.15, -0.1) is 0 Å². The van der Waals surface area contributed by atoms with E-state index in [4.69, 9.17) is 5.73 Å². The number of anilines is 1. The molecule has 0 bridgehead atoms. The fraction of sp³-hybridized carbons (Fsp3) is 0.273. The molecule has 0 unspecified atom stereocenters. The fourth-order valence-electron chi connectivity index (χ4n) is 1.25. The van der Waals surface area contributed by atoms with Crippen LogP contribution in [0, 0.1) is 17.8 Å². The maximum absolute atomic E-state index is 5.68. The van der Waals surface area contributed by atoms with E-state index in [9.17, 15) is 0 Å². The average Bonchev–Trinajstić information content (AvgIpc) is 2.59.